The molecule has 0 bridgehead atoms. The van der Waals surface area contributed by atoms with E-state index in [9.17, 15) is 4.79 Å². The third kappa shape index (κ3) is 5.72. The maximum Gasteiger partial charge on any atom is 0.272 e. The molecular weight excluding hydrogens is 673 g/mol. The highest BCUT2D eigenvalue weighted by molar-refractivity contribution is 5.95. The minimum atomic E-state index is -0.219. The van der Waals surface area contributed by atoms with Gasteiger partial charge < -0.3 is 13.7 Å². The zero-order chi connectivity index (χ0) is 36.9. The molecule has 1 amide bonds. The fourth-order valence-corrected chi connectivity index (χ4v) is 8.34. The number of hydrogen-bond acceptors (Lipinski definition) is 6. The molecule has 0 radical (unpaired) electrons. The molecule has 4 aromatic carbocycles. The molecule has 0 saturated carbocycles. The molecule has 4 aromatic heterocycles. The van der Waals surface area contributed by atoms with Crippen molar-refractivity contribution in [3.05, 3.63) is 133 Å². The number of rotatable bonds is 9. The molecule has 9 nitrogen and oxygen atoms in total. The van der Waals surface area contributed by atoms with E-state index in [1.54, 1.807) is 4.68 Å². The van der Waals surface area contributed by atoms with Crippen molar-refractivity contribution in [1.82, 2.24) is 29.4 Å². The highest BCUT2D eigenvalue weighted by Gasteiger charge is 2.43. The van der Waals surface area contributed by atoms with Gasteiger partial charge in [0.25, 0.3) is 5.91 Å². The Kier molecular flexibility index (Phi) is 8.51. The normalized spacial score (nSPS) is 16.0. The predicted octanol–water partition coefficient (Wildman–Crippen LogP) is 9.61. The van der Waals surface area contributed by atoms with Crippen LogP contribution in [0.1, 0.15) is 42.5 Å². The standard InChI is InChI=1S/C45H42N6O3/c1-5-50(6-2)37-23-24-51(44(37)38-27-35(46-48(38)3)31-17-9-11-19-33(31)42-25-29-15-7-13-21-40(29)53-42)45(52)39-28-36(47-49(39)4)32-18-10-12-20-34(32)43-26-30-16-8-14-22-41(30)54-43/h7-22,25-28,37,44H,5-6,23-24H2,1-4H3. The van der Waals surface area contributed by atoms with Crippen LogP contribution < -0.4 is 0 Å². The van der Waals surface area contributed by atoms with Crippen LogP contribution in [-0.4, -0.2) is 60.9 Å². The molecule has 0 spiro atoms. The van der Waals surface area contributed by atoms with Crippen LogP contribution in [0, 0.1) is 0 Å². The summed E-state index contributed by atoms with van der Waals surface area (Å²) in [5.41, 5.74) is 8.56. The highest BCUT2D eigenvalue weighted by Crippen LogP contribution is 2.41. The first-order valence-electron chi connectivity index (χ1n) is 18.7. The summed E-state index contributed by atoms with van der Waals surface area (Å²) in [5.74, 6) is 1.51. The fourth-order valence-electron chi connectivity index (χ4n) is 8.34. The van der Waals surface area contributed by atoms with Crippen molar-refractivity contribution in [2.45, 2.75) is 32.4 Å². The second kappa shape index (κ2) is 13.7. The van der Waals surface area contributed by atoms with E-state index in [1.165, 1.54) is 0 Å². The lowest BCUT2D eigenvalue weighted by Gasteiger charge is -2.34. The molecule has 1 aliphatic heterocycles. The van der Waals surface area contributed by atoms with Gasteiger partial charge in [0.05, 0.1) is 23.1 Å². The largest absolute Gasteiger partial charge is 0.456 e. The quantitative estimate of drug-likeness (QED) is 0.148. The smallest absolute Gasteiger partial charge is 0.272 e. The SMILES string of the molecule is CCN(CC)C1CCN(C(=O)c2cc(-c3ccccc3-c3cc4ccccc4o3)nn2C)C1c1cc(-c2ccccc2-c2cc3ccccc3o2)nn1C. The molecule has 8 aromatic rings. The molecule has 0 aliphatic carbocycles. The van der Waals surface area contributed by atoms with E-state index in [1.807, 2.05) is 109 Å². The van der Waals surface area contributed by atoms with Crippen molar-refractivity contribution in [1.29, 1.82) is 0 Å². The average Bonchev–Trinajstić information content (AvgIpc) is 4.04. The van der Waals surface area contributed by atoms with E-state index in [2.05, 4.69) is 55.1 Å². The van der Waals surface area contributed by atoms with Gasteiger partial charge in [0.1, 0.15) is 28.4 Å². The number of benzene rings is 4. The van der Waals surface area contributed by atoms with Gasteiger partial charge in [-0.05, 0) is 55.9 Å². The molecule has 2 atom stereocenters. The zero-order valence-electron chi connectivity index (χ0n) is 30.9. The van der Waals surface area contributed by atoms with E-state index in [0.29, 0.717) is 12.2 Å². The van der Waals surface area contributed by atoms with Crippen LogP contribution >= 0.6 is 0 Å². The molecule has 1 saturated heterocycles. The monoisotopic (exact) mass is 714 g/mol. The van der Waals surface area contributed by atoms with Gasteiger partial charge in [-0.3, -0.25) is 19.1 Å². The number of likely N-dealkylation sites (tertiary alicyclic amines) is 1. The third-order valence-corrected chi connectivity index (χ3v) is 11.0. The number of amides is 1. The number of para-hydroxylation sites is 2. The summed E-state index contributed by atoms with van der Waals surface area (Å²) in [6.45, 7) is 6.77. The topological polar surface area (TPSA) is 85.5 Å². The highest BCUT2D eigenvalue weighted by atomic mass is 16.3. The number of furan rings is 2. The summed E-state index contributed by atoms with van der Waals surface area (Å²) in [6.07, 6.45) is 0.855. The van der Waals surface area contributed by atoms with Gasteiger partial charge in [0.2, 0.25) is 0 Å². The van der Waals surface area contributed by atoms with Crippen molar-refractivity contribution in [3.63, 3.8) is 0 Å². The van der Waals surface area contributed by atoms with Crippen molar-refractivity contribution in [2.75, 3.05) is 19.6 Å². The number of carbonyl (C=O) groups is 1. The minimum Gasteiger partial charge on any atom is -0.456 e. The number of likely N-dealkylation sites (N-methyl/N-ethyl adjacent to an activating group) is 1. The van der Waals surface area contributed by atoms with Gasteiger partial charge in [-0.15, -0.1) is 0 Å². The van der Waals surface area contributed by atoms with Crippen molar-refractivity contribution >= 4 is 27.8 Å². The summed E-state index contributed by atoms with van der Waals surface area (Å²) in [6, 6.07) is 40.5. The van der Waals surface area contributed by atoms with E-state index < -0.39 is 0 Å². The van der Waals surface area contributed by atoms with Gasteiger partial charge >= 0.3 is 0 Å². The Hall–Kier alpha value is -6.19. The molecule has 5 heterocycles. The van der Waals surface area contributed by atoms with Crippen LogP contribution in [0.2, 0.25) is 0 Å². The molecule has 1 aliphatic rings. The predicted molar refractivity (Wildman–Crippen MR) is 213 cm³/mol. The Morgan fingerprint density at radius 1 is 0.667 bits per heavy atom. The Morgan fingerprint density at radius 3 is 1.72 bits per heavy atom. The number of aromatic nitrogens is 4. The Morgan fingerprint density at radius 2 is 1.17 bits per heavy atom. The molecular formula is C45H42N6O3. The minimum absolute atomic E-state index is 0.0532. The molecule has 9 heteroatoms. The lowest BCUT2D eigenvalue weighted by atomic mass is 9.99. The van der Waals surface area contributed by atoms with E-state index >= 15 is 0 Å². The van der Waals surface area contributed by atoms with E-state index in [4.69, 9.17) is 19.0 Å². The third-order valence-electron chi connectivity index (χ3n) is 11.0. The van der Waals surface area contributed by atoms with E-state index in [0.717, 1.165) is 92.3 Å². The number of nitrogens with zero attached hydrogens (tertiary/aromatic N) is 6. The molecule has 0 N–H and O–H groups in total. The molecule has 2 unspecified atom stereocenters. The maximum atomic E-state index is 14.8. The lowest BCUT2D eigenvalue weighted by Crippen LogP contribution is -2.42. The van der Waals surface area contributed by atoms with Crippen LogP contribution in [0.4, 0.5) is 0 Å². The first kappa shape index (κ1) is 33.6. The van der Waals surface area contributed by atoms with Crippen LogP contribution in [-0.2, 0) is 14.1 Å². The first-order chi connectivity index (χ1) is 26.4. The zero-order valence-corrected chi connectivity index (χ0v) is 30.9. The van der Waals surface area contributed by atoms with Gasteiger partial charge in [-0.1, -0.05) is 98.8 Å². The number of aryl methyl sites for hydroxylation is 2. The maximum absolute atomic E-state index is 14.8. The van der Waals surface area contributed by atoms with Crippen molar-refractivity contribution < 1.29 is 13.6 Å². The number of hydrogen-bond donors (Lipinski definition) is 0. The summed E-state index contributed by atoms with van der Waals surface area (Å²) in [5, 5.41) is 12.1. The van der Waals surface area contributed by atoms with Crippen LogP contribution in [0.3, 0.4) is 0 Å². The lowest BCUT2D eigenvalue weighted by molar-refractivity contribution is 0.0666. The van der Waals surface area contributed by atoms with Gasteiger partial charge in [0, 0.05) is 59.7 Å². The van der Waals surface area contributed by atoms with E-state index in [-0.39, 0.29) is 18.0 Å². The number of carbonyl (C=O) groups excluding carboxylic acids is 1. The van der Waals surface area contributed by atoms with Crippen LogP contribution in [0.25, 0.3) is 67.1 Å². The Bertz CT molecular complexity index is 2570. The van der Waals surface area contributed by atoms with Gasteiger partial charge in [-0.2, -0.15) is 10.2 Å². The van der Waals surface area contributed by atoms with Crippen molar-refractivity contribution in [3.8, 4) is 45.2 Å². The molecule has 1 fully saturated rings. The average molecular weight is 715 g/mol. The van der Waals surface area contributed by atoms with Crippen LogP contribution in [0.5, 0.6) is 0 Å². The molecule has 270 valence electrons. The van der Waals surface area contributed by atoms with Gasteiger partial charge in [0.15, 0.2) is 0 Å². The Balaban J connectivity index is 1.08. The summed E-state index contributed by atoms with van der Waals surface area (Å²) >= 11 is 0. The fraction of sp³-hybridized carbons (Fsp3) is 0.222. The second-order valence-corrected chi connectivity index (χ2v) is 14.0. The van der Waals surface area contributed by atoms with Gasteiger partial charge in [-0.25, -0.2) is 0 Å². The van der Waals surface area contributed by atoms with Crippen LogP contribution in [0.15, 0.2) is 130 Å². The summed E-state index contributed by atoms with van der Waals surface area (Å²) in [4.78, 5) is 19.3. The first-order valence-corrected chi connectivity index (χ1v) is 18.7. The molecule has 9 rings (SSSR count). The van der Waals surface area contributed by atoms with Crippen molar-refractivity contribution in [2.24, 2.45) is 14.1 Å². The Labute approximate surface area is 314 Å². The number of fused-ring (bicyclic) bond motifs is 2. The summed E-state index contributed by atoms with van der Waals surface area (Å²) in [7, 11) is 3.84. The molecule has 54 heavy (non-hydrogen) atoms. The summed E-state index contributed by atoms with van der Waals surface area (Å²) < 4.78 is 16.2. The second-order valence-electron chi connectivity index (χ2n) is 14.0.